The van der Waals surface area contributed by atoms with E-state index in [4.69, 9.17) is 0 Å². The summed E-state index contributed by atoms with van der Waals surface area (Å²) < 4.78 is 29.8. The third-order valence-electron chi connectivity index (χ3n) is 5.56. The zero-order valence-corrected chi connectivity index (χ0v) is 16.5. The summed E-state index contributed by atoms with van der Waals surface area (Å²) >= 11 is 0. The predicted octanol–water partition coefficient (Wildman–Crippen LogP) is 3.64. The van der Waals surface area contributed by atoms with E-state index in [9.17, 15) is 13.6 Å². The third-order valence-corrected chi connectivity index (χ3v) is 5.56. The van der Waals surface area contributed by atoms with Gasteiger partial charge < -0.3 is 9.47 Å². The Labute approximate surface area is 171 Å². The van der Waals surface area contributed by atoms with Crippen molar-refractivity contribution in [3.05, 3.63) is 76.6 Å². The Morgan fingerprint density at radius 2 is 1.77 bits per heavy atom. The van der Waals surface area contributed by atoms with E-state index < -0.39 is 5.92 Å². The standard InChI is InChI=1S/C22H19F2N5O/c1-14-18-11-26-29(19-8-3-4-9-25-19)21(30)20(18)15(2)28(14)17-7-5-6-16(10-17)27-12-22(23,24)13-27/h3-11H,12-13H2,1-2H3. The van der Waals surface area contributed by atoms with Crippen LogP contribution in [0.2, 0.25) is 0 Å². The van der Waals surface area contributed by atoms with Crippen molar-refractivity contribution in [1.29, 1.82) is 0 Å². The van der Waals surface area contributed by atoms with Gasteiger partial charge in [-0.05, 0) is 44.2 Å². The first-order valence-corrected chi connectivity index (χ1v) is 9.60. The van der Waals surface area contributed by atoms with E-state index in [1.165, 1.54) is 4.68 Å². The van der Waals surface area contributed by atoms with Crippen molar-refractivity contribution in [3.63, 3.8) is 0 Å². The number of benzene rings is 1. The van der Waals surface area contributed by atoms with Gasteiger partial charge >= 0.3 is 0 Å². The van der Waals surface area contributed by atoms with Gasteiger partial charge in [-0.2, -0.15) is 9.78 Å². The lowest BCUT2D eigenvalue weighted by molar-refractivity contribution is -0.0262. The van der Waals surface area contributed by atoms with Crippen molar-refractivity contribution in [3.8, 4) is 11.5 Å². The molecule has 1 saturated heterocycles. The molecule has 0 unspecified atom stereocenters. The monoisotopic (exact) mass is 407 g/mol. The molecule has 6 nitrogen and oxygen atoms in total. The molecule has 1 aromatic carbocycles. The molecule has 0 spiro atoms. The molecule has 0 bridgehead atoms. The van der Waals surface area contributed by atoms with Crippen LogP contribution in [0.3, 0.4) is 0 Å². The van der Waals surface area contributed by atoms with Crippen molar-refractivity contribution in [2.45, 2.75) is 19.8 Å². The average Bonchev–Trinajstić information content (AvgIpc) is 2.98. The number of halogens is 2. The van der Waals surface area contributed by atoms with Crippen molar-refractivity contribution in [2.75, 3.05) is 18.0 Å². The normalized spacial score (nSPS) is 15.4. The van der Waals surface area contributed by atoms with E-state index in [1.54, 1.807) is 35.5 Å². The number of rotatable bonds is 3. The number of aromatic nitrogens is 4. The Hall–Kier alpha value is -3.55. The maximum absolute atomic E-state index is 13.3. The Balaban J connectivity index is 1.65. The molecule has 0 saturated carbocycles. The molecule has 1 fully saturated rings. The van der Waals surface area contributed by atoms with Crippen LogP contribution in [0.1, 0.15) is 11.4 Å². The summed E-state index contributed by atoms with van der Waals surface area (Å²) in [6.07, 6.45) is 3.28. The first kappa shape index (κ1) is 18.5. The molecule has 0 amide bonds. The van der Waals surface area contributed by atoms with E-state index in [1.807, 2.05) is 42.7 Å². The molecule has 4 heterocycles. The Morgan fingerprint density at radius 3 is 2.47 bits per heavy atom. The van der Waals surface area contributed by atoms with Gasteiger partial charge in [-0.3, -0.25) is 4.79 Å². The van der Waals surface area contributed by atoms with Crippen LogP contribution in [0, 0.1) is 13.8 Å². The van der Waals surface area contributed by atoms with Crippen LogP contribution in [-0.2, 0) is 0 Å². The van der Waals surface area contributed by atoms with E-state index >= 15 is 0 Å². The van der Waals surface area contributed by atoms with Crippen LogP contribution in [0.15, 0.2) is 59.7 Å². The van der Waals surface area contributed by atoms with Crippen LogP contribution in [0.4, 0.5) is 14.5 Å². The third kappa shape index (κ3) is 2.79. The number of nitrogens with zero attached hydrogens (tertiary/aromatic N) is 5. The van der Waals surface area contributed by atoms with Crippen LogP contribution in [-0.4, -0.2) is 38.3 Å². The van der Waals surface area contributed by atoms with Crippen molar-refractivity contribution < 1.29 is 8.78 Å². The number of alkyl halides is 2. The largest absolute Gasteiger partial charge is 0.359 e. The van der Waals surface area contributed by atoms with Gasteiger partial charge in [-0.1, -0.05) is 12.1 Å². The Bertz CT molecular complexity index is 1320. The number of anilines is 1. The average molecular weight is 407 g/mol. The van der Waals surface area contributed by atoms with Gasteiger partial charge in [0.25, 0.3) is 11.5 Å². The summed E-state index contributed by atoms with van der Waals surface area (Å²) in [6, 6.07) is 12.8. The van der Waals surface area contributed by atoms with Crippen molar-refractivity contribution >= 4 is 16.5 Å². The summed E-state index contributed by atoms with van der Waals surface area (Å²) in [5, 5.41) is 5.63. The van der Waals surface area contributed by atoms with Gasteiger partial charge in [0.15, 0.2) is 5.82 Å². The predicted molar refractivity (Wildman–Crippen MR) is 111 cm³/mol. The van der Waals surface area contributed by atoms with Gasteiger partial charge in [-0.25, -0.2) is 13.8 Å². The number of fused-ring (bicyclic) bond motifs is 1. The summed E-state index contributed by atoms with van der Waals surface area (Å²) in [7, 11) is 0. The first-order valence-electron chi connectivity index (χ1n) is 9.60. The van der Waals surface area contributed by atoms with E-state index in [2.05, 4.69) is 10.1 Å². The number of hydrogen-bond acceptors (Lipinski definition) is 4. The second-order valence-corrected chi connectivity index (χ2v) is 7.58. The highest BCUT2D eigenvalue weighted by Gasteiger charge is 2.43. The highest BCUT2D eigenvalue weighted by Crippen LogP contribution is 2.34. The summed E-state index contributed by atoms with van der Waals surface area (Å²) in [5.74, 6) is -2.18. The summed E-state index contributed by atoms with van der Waals surface area (Å²) in [6.45, 7) is 3.25. The fourth-order valence-corrected chi connectivity index (χ4v) is 4.11. The van der Waals surface area contributed by atoms with Crippen molar-refractivity contribution in [1.82, 2.24) is 19.3 Å². The van der Waals surface area contributed by atoms with Gasteiger partial charge in [-0.15, -0.1) is 0 Å². The Kier molecular flexibility index (Phi) is 3.99. The molecular weight excluding hydrogens is 388 g/mol. The molecule has 0 aliphatic carbocycles. The van der Waals surface area contributed by atoms with Crippen molar-refractivity contribution in [2.24, 2.45) is 0 Å². The summed E-state index contributed by atoms with van der Waals surface area (Å²) in [5.41, 5.74) is 2.94. The molecule has 0 N–H and O–H groups in total. The fraction of sp³-hybridized carbons (Fsp3) is 0.227. The van der Waals surface area contributed by atoms with Crippen LogP contribution in [0.5, 0.6) is 0 Å². The van der Waals surface area contributed by atoms with E-state index in [-0.39, 0.29) is 18.6 Å². The fourth-order valence-electron chi connectivity index (χ4n) is 4.11. The number of hydrogen-bond donors (Lipinski definition) is 0. The molecule has 30 heavy (non-hydrogen) atoms. The van der Waals surface area contributed by atoms with E-state index in [0.29, 0.717) is 11.2 Å². The molecule has 3 aromatic heterocycles. The van der Waals surface area contributed by atoms with E-state index in [0.717, 1.165) is 28.1 Å². The highest BCUT2D eigenvalue weighted by molar-refractivity contribution is 5.88. The minimum Gasteiger partial charge on any atom is -0.359 e. The molecule has 1 aliphatic rings. The Morgan fingerprint density at radius 1 is 1.00 bits per heavy atom. The highest BCUT2D eigenvalue weighted by atomic mass is 19.3. The maximum Gasteiger partial charge on any atom is 0.282 e. The molecule has 0 radical (unpaired) electrons. The molecule has 4 aromatic rings. The molecule has 8 heteroatoms. The minimum absolute atomic E-state index is 0.246. The van der Waals surface area contributed by atoms with Gasteiger partial charge in [0.05, 0.1) is 24.7 Å². The van der Waals surface area contributed by atoms with Crippen LogP contribution in [0.25, 0.3) is 22.3 Å². The minimum atomic E-state index is -2.63. The SMILES string of the molecule is Cc1c2cnn(-c3ccccn3)c(=O)c2c(C)n1-c1cccc(N2CC(F)(F)C2)c1. The van der Waals surface area contributed by atoms with Crippen LogP contribution < -0.4 is 10.5 Å². The number of aryl methyl sites for hydroxylation is 2. The second kappa shape index (κ2) is 6.48. The molecule has 1 aliphatic heterocycles. The molecule has 152 valence electrons. The van der Waals surface area contributed by atoms with Gasteiger partial charge in [0.1, 0.15) is 0 Å². The molecule has 0 atom stereocenters. The quantitative estimate of drug-likeness (QED) is 0.520. The van der Waals surface area contributed by atoms with Gasteiger partial charge in [0, 0.05) is 34.3 Å². The van der Waals surface area contributed by atoms with Gasteiger partial charge in [0.2, 0.25) is 0 Å². The summed E-state index contributed by atoms with van der Waals surface area (Å²) in [4.78, 5) is 19.1. The zero-order chi connectivity index (χ0) is 21.0. The lowest BCUT2D eigenvalue weighted by atomic mass is 10.1. The topological polar surface area (TPSA) is 56.0 Å². The number of pyridine rings is 1. The lowest BCUT2D eigenvalue weighted by Gasteiger charge is -2.40. The maximum atomic E-state index is 13.3. The zero-order valence-electron chi connectivity index (χ0n) is 16.5. The lowest BCUT2D eigenvalue weighted by Crippen LogP contribution is -2.56. The van der Waals surface area contributed by atoms with Crippen LogP contribution >= 0.6 is 0 Å². The molecule has 5 rings (SSSR count). The first-order chi connectivity index (χ1) is 14.4. The smallest absolute Gasteiger partial charge is 0.282 e. The second-order valence-electron chi connectivity index (χ2n) is 7.58. The molecular formula is C22H19F2N5O.